The Kier molecular flexibility index (Phi) is 2.97. The highest BCUT2D eigenvalue weighted by Gasteiger charge is 2.64. The van der Waals surface area contributed by atoms with E-state index >= 15 is 0 Å². The molecule has 1 spiro atoms. The Labute approximate surface area is 150 Å². The van der Waals surface area contributed by atoms with E-state index in [2.05, 4.69) is 24.1 Å². The molecule has 1 aromatic carbocycles. The van der Waals surface area contributed by atoms with E-state index < -0.39 is 5.50 Å². The topological polar surface area (TPSA) is 41.9 Å². The van der Waals surface area contributed by atoms with E-state index in [0.717, 1.165) is 31.6 Å². The third-order valence-corrected chi connectivity index (χ3v) is 6.60. The zero-order chi connectivity index (χ0) is 17.6. The van der Waals surface area contributed by atoms with Gasteiger partial charge < -0.3 is 19.5 Å². The summed E-state index contributed by atoms with van der Waals surface area (Å²) in [5.74, 6) is 2.22. The standard InChI is InChI=1S/C20H24BNO3/c1-19(2,21)25-15-7-5-12-13-10-11-4-6-14(23)17-16(11)20(12,18(15)24-17)8-9-22(13)3/h4,6-7,12-13,18,23H,5,8-10H2,1-3H3/t12?,13-,18?,20+/m1/s1. The van der Waals surface area contributed by atoms with Gasteiger partial charge in [-0.15, -0.1) is 0 Å². The molecule has 1 fully saturated rings. The van der Waals surface area contributed by atoms with Gasteiger partial charge in [-0.25, -0.2) is 0 Å². The highest BCUT2D eigenvalue weighted by molar-refractivity contribution is 6.13. The van der Waals surface area contributed by atoms with Crippen LogP contribution in [0.15, 0.2) is 24.0 Å². The first-order valence-electron chi connectivity index (χ1n) is 9.21. The second kappa shape index (κ2) is 4.76. The van der Waals surface area contributed by atoms with Gasteiger partial charge in [0, 0.05) is 17.0 Å². The van der Waals surface area contributed by atoms with Gasteiger partial charge in [0.2, 0.25) is 0 Å². The third-order valence-electron chi connectivity index (χ3n) is 6.60. The average molecular weight is 337 g/mol. The van der Waals surface area contributed by atoms with E-state index in [9.17, 15) is 5.11 Å². The van der Waals surface area contributed by atoms with E-state index in [0.29, 0.717) is 17.7 Å². The molecule has 130 valence electrons. The summed E-state index contributed by atoms with van der Waals surface area (Å²) < 4.78 is 12.5. The van der Waals surface area contributed by atoms with Gasteiger partial charge in [0.1, 0.15) is 13.6 Å². The monoisotopic (exact) mass is 337 g/mol. The Balaban J connectivity index is 1.72. The van der Waals surface area contributed by atoms with Crippen LogP contribution >= 0.6 is 0 Å². The van der Waals surface area contributed by atoms with Crippen molar-refractivity contribution in [2.24, 2.45) is 5.92 Å². The second-order valence-corrected chi connectivity index (χ2v) is 8.64. The van der Waals surface area contributed by atoms with Crippen LogP contribution in [0.3, 0.4) is 0 Å². The van der Waals surface area contributed by atoms with Crippen LogP contribution in [0.1, 0.15) is 37.8 Å². The Morgan fingerprint density at radius 1 is 1.40 bits per heavy atom. The second-order valence-electron chi connectivity index (χ2n) is 8.64. The van der Waals surface area contributed by atoms with Crippen molar-refractivity contribution in [1.29, 1.82) is 0 Å². The van der Waals surface area contributed by atoms with E-state index in [1.54, 1.807) is 6.07 Å². The number of nitrogens with zero attached hydrogens (tertiary/aromatic N) is 1. The minimum absolute atomic E-state index is 0.103. The number of likely N-dealkylation sites (N-methyl/N-ethyl adjacent to an activating group) is 1. The predicted octanol–water partition coefficient (Wildman–Crippen LogP) is 2.48. The molecule has 1 aromatic rings. The van der Waals surface area contributed by atoms with Crippen LogP contribution in [-0.4, -0.2) is 49.1 Å². The van der Waals surface area contributed by atoms with Crippen LogP contribution < -0.4 is 4.74 Å². The molecule has 25 heavy (non-hydrogen) atoms. The largest absolute Gasteiger partial charge is 0.504 e. The lowest BCUT2D eigenvalue weighted by molar-refractivity contribution is -0.0431. The van der Waals surface area contributed by atoms with E-state index in [1.165, 1.54) is 11.1 Å². The van der Waals surface area contributed by atoms with Crippen molar-refractivity contribution in [3.63, 3.8) is 0 Å². The fourth-order valence-corrected chi connectivity index (χ4v) is 5.72. The van der Waals surface area contributed by atoms with Crippen molar-refractivity contribution >= 4 is 7.85 Å². The van der Waals surface area contributed by atoms with Crippen LogP contribution in [0.4, 0.5) is 0 Å². The SMILES string of the molecule is [B]C(C)(C)OC1=CCC2[C@H]3Cc4ccc(O)c5c4[C@@]2(CCN3C)C1O5. The van der Waals surface area contributed by atoms with Gasteiger partial charge in [-0.2, -0.15) is 0 Å². The molecular weight excluding hydrogens is 313 g/mol. The van der Waals surface area contributed by atoms with Crippen molar-refractivity contribution in [3.8, 4) is 11.5 Å². The number of piperidine rings is 1. The van der Waals surface area contributed by atoms with Crippen LogP contribution in [0.25, 0.3) is 0 Å². The van der Waals surface area contributed by atoms with Gasteiger partial charge in [0.25, 0.3) is 0 Å². The molecule has 2 aliphatic carbocycles. The summed E-state index contributed by atoms with van der Waals surface area (Å²) in [5, 5.41) is 10.5. The summed E-state index contributed by atoms with van der Waals surface area (Å²) in [6.07, 6.45) is 4.99. The van der Waals surface area contributed by atoms with Crippen LogP contribution in [0.5, 0.6) is 11.5 Å². The molecule has 2 radical (unpaired) electrons. The highest BCUT2D eigenvalue weighted by atomic mass is 16.6. The lowest BCUT2D eigenvalue weighted by Crippen LogP contribution is -2.63. The molecule has 5 heteroatoms. The summed E-state index contributed by atoms with van der Waals surface area (Å²) in [7, 11) is 8.36. The molecule has 4 nitrogen and oxygen atoms in total. The maximum absolute atomic E-state index is 10.5. The lowest BCUT2D eigenvalue weighted by Gasteiger charge is -2.57. The molecule has 1 N–H and O–H groups in total. The molecular formula is C20H24BNO3. The number of rotatable bonds is 2. The number of phenolic OH excluding ortho intramolecular Hbond substituents is 1. The van der Waals surface area contributed by atoms with Crippen LogP contribution in [-0.2, 0) is 16.6 Å². The Hall–Kier alpha value is -1.62. The lowest BCUT2D eigenvalue weighted by atomic mass is 9.53. The van der Waals surface area contributed by atoms with Crippen LogP contribution in [0.2, 0.25) is 0 Å². The Morgan fingerprint density at radius 2 is 2.20 bits per heavy atom. The van der Waals surface area contributed by atoms with Gasteiger partial charge >= 0.3 is 0 Å². The van der Waals surface area contributed by atoms with Crippen molar-refractivity contribution in [2.75, 3.05) is 13.6 Å². The number of likely N-dealkylation sites (tertiary alicyclic amines) is 1. The van der Waals surface area contributed by atoms with E-state index in [-0.39, 0.29) is 17.3 Å². The summed E-state index contributed by atoms with van der Waals surface area (Å²) >= 11 is 0. The molecule has 0 amide bonds. The molecule has 0 aromatic heterocycles. The highest BCUT2D eigenvalue weighted by Crippen LogP contribution is 2.63. The molecule has 2 unspecified atom stereocenters. The number of phenols is 1. The molecule has 1 saturated heterocycles. The van der Waals surface area contributed by atoms with Crippen molar-refractivity contribution < 1.29 is 14.6 Å². The molecule has 5 rings (SSSR count). The molecule has 2 bridgehead atoms. The third kappa shape index (κ3) is 1.93. The van der Waals surface area contributed by atoms with Crippen LogP contribution in [0, 0.1) is 5.92 Å². The van der Waals surface area contributed by atoms with Crippen molar-refractivity contribution in [1.82, 2.24) is 4.90 Å². The number of benzene rings is 1. The summed E-state index contributed by atoms with van der Waals surface area (Å²) in [6, 6.07) is 4.36. The zero-order valence-corrected chi connectivity index (χ0v) is 15.1. The number of ether oxygens (including phenoxy) is 2. The molecule has 0 saturated carbocycles. The molecule has 2 heterocycles. The van der Waals surface area contributed by atoms with Gasteiger partial charge in [-0.3, -0.25) is 0 Å². The van der Waals surface area contributed by atoms with Crippen molar-refractivity contribution in [3.05, 3.63) is 35.1 Å². The van der Waals surface area contributed by atoms with Gasteiger partial charge in [-0.1, -0.05) is 6.07 Å². The van der Waals surface area contributed by atoms with Crippen molar-refractivity contribution in [2.45, 2.75) is 56.2 Å². The van der Waals surface area contributed by atoms with Gasteiger partial charge in [-0.05, 0) is 70.3 Å². The maximum atomic E-state index is 10.5. The van der Waals surface area contributed by atoms with Gasteiger partial charge in [0.15, 0.2) is 17.6 Å². The Bertz CT molecular complexity index is 784. The zero-order valence-electron chi connectivity index (χ0n) is 15.1. The van der Waals surface area contributed by atoms with Gasteiger partial charge in [0.05, 0.1) is 5.50 Å². The maximum Gasteiger partial charge on any atom is 0.166 e. The first-order valence-corrected chi connectivity index (χ1v) is 9.21. The predicted molar refractivity (Wildman–Crippen MR) is 96.0 cm³/mol. The molecule has 4 atom stereocenters. The number of hydrogen-bond donors (Lipinski definition) is 1. The number of allylic oxidation sites excluding steroid dienone is 1. The summed E-state index contributed by atoms with van der Waals surface area (Å²) in [5.41, 5.74) is 1.69. The normalized spacial score (nSPS) is 35.6. The summed E-state index contributed by atoms with van der Waals surface area (Å²) in [4.78, 5) is 2.49. The first-order chi connectivity index (χ1) is 11.8. The fourth-order valence-electron chi connectivity index (χ4n) is 5.72. The summed E-state index contributed by atoms with van der Waals surface area (Å²) in [6.45, 7) is 4.76. The fraction of sp³-hybridized carbons (Fsp3) is 0.600. The van der Waals surface area contributed by atoms with E-state index in [1.807, 2.05) is 13.8 Å². The number of aromatic hydroxyl groups is 1. The minimum Gasteiger partial charge on any atom is -0.504 e. The first kappa shape index (κ1) is 15.6. The number of hydrogen-bond acceptors (Lipinski definition) is 4. The smallest absolute Gasteiger partial charge is 0.166 e. The average Bonchev–Trinajstić information content (AvgIpc) is 2.88. The minimum atomic E-state index is -0.752. The Morgan fingerprint density at radius 3 is 2.96 bits per heavy atom. The molecule has 4 aliphatic rings. The quantitative estimate of drug-likeness (QED) is 0.842. The molecule has 2 aliphatic heterocycles. The van der Waals surface area contributed by atoms with E-state index in [4.69, 9.17) is 17.3 Å².